The van der Waals surface area contributed by atoms with Gasteiger partial charge < -0.3 is 20.7 Å². The Morgan fingerprint density at radius 2 is 2.37 bits per heavy atom. The summed E-state index contributed by atoms with van der Waals surface area (Å²) in [6, 6.07) is 1.18. The number of aliphatic hydroxyl groups is 2. The molecular formula is C11H13FN4O3. The lowest BCUT2D eigenvalue weighted by atomic mass is 9.93. The Labute approximate surface area is 107 Å². The monoisotopic (exact) mass is 268 g/mol. The molecular weight excluding hydrogens is 255 g/mol. The van der Waals surface area contributed by atoms with Gasteiger partial charge in [-0.2, -0.15) is 5.10 Å². The zero-order chi connectivity index (χ0) is 13.8. The van der Waals surface area contributed by atoms with E-state index in [9.17, 15) is 14.6 Å². The minimum Gasteiger partial charge on any atom is -0.388 e. The number of nitrogens with two attached hydrogens (primary N) is 1. The molecule has 0 spiro atoms. The van der Waals surface area contributed by atoms with Crippen LogP contribution in [-0.4, -0.2) is 43.1 Å². The minimum absolute atomic E-state index is 0.00283. The zero-order valence-corrected chi connectivity index (χ0v) is 10.1. The van der Waals surface area contributed by atoms with Crippen LogP contribution in [0.2, 0.25) is 0 Å². The number of halogens is 1. The first-order valence-corrected chi connectivity index (χ1v) is 5.72. The van der Waals surface area contributed by atoms with Crippen molar-refractivity contribution < 1.29 is 19.3 Å². The van der Waals surface area contributed by atoms with Crippen molar-refractivity contribution in [2.45, 2.75) is 24.7 Å². The molecule has 8 heteroatoms. The van der Waals surface area contributed by atoms with Crippen molar-refractivity contribution in [1.82, 2.24) is 14.6 Å². The first kappa shape index (κ1) is 12.3. The van der Waals surface area contributed by atoms with Gasteiger partial charge in [0.05, 0.1) is 12.3 Å². The van der Waals surface area contributed by atoms with Crippen molar-refractivity contribution >= 4 is 11.3 Å². The van der Waals surface area contributed by atoms with E-state index in [1.165, 1.54) is 23.8 Å². The molecule has 0 aliphatic carbocycles. The van der Waals surface area contributed by atoms with Crippen LogP contribution in [0.5, 0.6) is 0 Å². The molecule has 2 aromatic heterocycles. The molecule has 0 bridgehead atoms. The number of nitrogen functional groups attached to an aromatic ring is 1. The molecule has 3 rings (SSSR count). The second-order valence-corrected chi connectivity index (χ2v) is 4.78. The molecule has 7 nitrogen and oxygen atoms in total. The van der Waals surface area contributed by atoms with Gasteiger partial charge in [-0.05, 0) is 6.92 Å². The van der Waals surface area contributed by atoms with Crippen LogP contribution < -0.4 is 5.73 Å². The van der Waals surface area contributed by atoms with E-state index in [1.807, 2.05) is 0 Å². The van der Waals surface area contributed by atoms with E-state index in [-0.39, 0.29) is 23.6 Å². The summed E-state index contributed by atoms with van der Waals surface area (Å²) in [5.41, 5.74) is 4.38. The quantitative estimate of drug-likeness (QED) is 0.652. The Morgan fingerprint density at radius 1 is 1.63 bits per heavy atom. The lowest BCUT2D eigenvalue weighted by Crippen LogP contribution is -2.40. The Bertz CT molecular complexity index is 642. The maximum absolute atomic E-state index is 13.9. The van der Waals surface area contributed by atoms with E-state index in [0.29, 0.717) is 0 Å². The molecule has 0 unspecified atom stereocenters. The Balaban J connectivity index is 2.20. The number of anilines is 1. The number of fused-ring (bicyclic) bond motifs is 1. The summed E-state index contributed by atoms with van der Waals surface area (Å²) in [5.74, 6) is -0.606. The van der Waals surface area contributed by atoms with E-state index in [2.05, 4.69) is 10.1 Å². The van der Waals surface area contributed by atoms with Crippen molar-refractivity contribution in [3.05, 3.63) is 23.9 Å². The van der Waals surface area contributed by atoms with Crippen LogP contribution >= 0.6 is 0 Å². The van der Waals surface area contributed by atoms with Crippen molar-refractivity contribution in [1.29, 1.82) is 0 Å². The molecule has 2 aromatic rings. The molecule has 1 saturated heterocycles. The van der Waals surface area contributed by atoms with Crippen LogP contribution in [0, 0.1) is 5.82 Å². The highest BCUT2D eigenvalue weighted by molar-refractivity contribution is 5.66. The lowest BCUT2D eigenvalue weighted by molar-refractivity contribution is -0.0664. The fraction of sp³-hybridized carbons (Fsp3) is 0.455. The minimum atomic E-state index is -1.53. The maximum Gasteiger partial charge on any atom is 0.154 e. The van der Waals surface area contributed by atoms with Gasteiger partial charge in [-0.25, -0.2) is 13.9 Å². The number of hydrogen-bond donors (Lipinski definition) is 3. The summed E-state index contributed by atoms with van der Waals surface area (Å²) in [6.07, 6.45) is -0.759. The summed E-state index contributed by atoms with van der Waals surface area (Å²) >= 11 is 0. The van der Waals surface area contributed by atoms with E-state index in [4.69, 9.17) is 10.5 Å². The van der Waals surface area contributed by atoms with Gasteiger partial charge in [0.2, 0.25) is 0 Å². The fourth-order valence-corrected chi connectivity index (χ4v) is 2.32. The second kappa shape index (κ2) is 3.86. The van der Waals surface area contributed by atoms with Crippen LogP contribution in [0.15, 0.2) is 12.4 Å². The Morgan fingerprint density at radius 3 is 3.00 bits per heavy atom. The molecule has 0 radical (unpaired) electrons. The molecule has 0 amide bonds. The largest absolute Gasteiger partial charge is 0.388 e. The third-order valence-electron chi connectivity index (χ3n) is 3.46. The van der Waals surface area contributed by atoms with Gasteiger partial charge in [0.15, 0.2) is 11.6 Å². The van der Waals surface area contributed by atoms with E-state index in [1.54, 1.807) is 0 Å². The van der Waals surface area contributed by atoms with Gasteiger partial charge in [0, 0.05) is 6.07 Å². The average molecular weight is 268 g/mol. The molecule has 3 atom stereocenters. The summed E-state index contributed by atoms with van der Waals surface area (Å²) in [5, 5.41) is 23.8. The number of nitrogens with zero attached hydrogens (tertiary/aromatic N) is 3. The van der Waals surface area contributed by atoms with Crippen molar-refractivity contribution in [3.63, 3.8) is 0 Å². The lowest BCUT2D eigenvalue weighted by Gasteiger charge is -2.25. The molecule has 3 heterocycles. The van der Waals surface area contributed by atoms with Gasteiger partial charge in [0.1, 0.15) is 29.7 Å². The second-order valence-electron chi connectivity index (χ2n) is 4.78. The average Bonchev–Trinajstić information content (AvgIpc) is 2.80. The zero-order valence-electron chi connectivity index (χ0n) is 10.1. The normalized spacial score (nSPS) is 31.2. The summed E-state index contributed by atoms with van der Waals surface area (Å²) in [4.78, 5) is 3.71. The summed E-state index contributed by atoms with van der Waals surface area (Å²) < 4.78 is 20.5. The number of rotatable bonds is 1. The smallest absolute Gasteiger partial charge is 0.154 e. The first-order chi connectivity index (χ1) is 8.93. The van der Waals surface area contributed by atoms with Crippen molar-refractivity contribution in [3.8, 4) is 0 Å². The van der Waals surface area contributed by atoms with Crippen molar-refractivity contribution in [2.24, 2.45) is 0 Å². The number of hydrogen-bond acceptors (Lipinski definition) is 6. The number of ether oxygens (including phenoxy) is 1. The molecule has 1 aliphatic rings. The molecule has 4 N–H and O–H groups in total. The fourth-order valence-electron chi connectivity index (χ4n) is 2.32. The van der Waals surface area contributed by atoms with Crippen LogP contribution in [0.1, 0.15) is 18.7 Å². The highest BCUT2D eigenvalue weighted by atomic mass is 19.1. The van der Waals surface area contributed by atoms with Crippen LogP contribution in [0.25, 0.3) is 5.52 Å². The van der Waals surface area contributed by atoms with Gasteiger partial charge in [0.25, 0.3) is 0 Å². The molecule has 1 aliphatic heterocycles. The van der Waals surface area contributed by atoms with Gasteiger partial charge in [-0.1, -0.05) is 0 Å². The van der Waals surface area contributed by atoms with E-state index < -0.39 is 23.6 Å². The molecule has 19 heavy (non-hydrogen) atoms. The molecule has 102 valence electrons. The summed E-state index contributed by atoms with van der Waals surface area (Å²) in [6.45, 7) is 1.39. The Kier molecular flexibility index (Phi) is 2.49. The highest BCUT2D eigenvalue weighted by Gasteiger charge is 2.48. The first-order valence-electron chi connectivity index (χ1n) is 5.72. The Hall–Kier alpha value is -1.77. The number of aromatic nitrogens is 3. The van der Waals surface area contributed by atoms with Gasteiger partial charge in [-0.3, -0.25) is 0 Å². The van der Waals surface area contributed by atoms with Gasteiger partial charge >= 0.3 is 0 Å². The third-order valence-corrected chi connectivity index (χ3v) is 3.46. The SMILES string of the molecule is C[C@@]1(O)[C@H](O)CO[C@H]1c1cc(F)c2c(N)ncnn12. The van der Waals surface area contributed by atoms with Crippen molar-refractivity contribution in [2.75, 3.05) is 12.3 Å². The molecule has 1 fully saturated rings. The summed E-state index contributed by atoms with van der Waals surface area (Å²) in [7, 11) is 0. The van der Waals surface area contributed by atoms with Gasteiger partial charge in [-0.15, -0.1) is 0 Å². The number of aliphatic hydroxyl groups excluding tert-OH is 1. The molecule has 0 aromatic carbocycles. The van der Waals surface area contributed by atoms with Crippen LogP contribution in [-0.2, 0) is 4.74 Å². The molecule has 0 saturated carbocycles. The third kappa shape index (κ3) is 1.61. The van der Waals surface area contributed by atoms with Crippen LogP contribution in [0.3, 0.4) is 0 Å². The predicted octanol–water partition coefficient (Wildman–Crippen LogP) is -0.366. The topological polar surface area (TPSA) is 106 Å². The maximum atomic E-state index is 13.9. The van der Waals surface area contributed by atoms with E-state index >= 15 is 0 Å². The van der Waals surface area contributed by atoms with Crippen LogP contribution in [0.4, 0.5) is 10.2 Å². The standard InChI is InChI=1S/C11H13FN4O3/c1-11(18)7(17)3-19-9(11)6-2-5(12)8-10(13)14-4-15-16(6)8/h2,4,7,9,17-18H,3H2,1H3,(H2,13,14,15)/t7-,9+,11-/m1/s1. The highest BCUT2D eigenvalue weighted by Crippen LogP contribution is 2.39. The predicted molar refractivity (Wildman–Crippen MR) is 62.7 cm³/mol. The van der Waals surface area contributed by atoms with E-state index in [0.717, 1.165) is 0 Å².